The molecule has 19 heavy (non-hydrogen) atoms. The van der Waals surface area contributed by atoms with Gasteiger partial charge in [-0.05, 0) is 30.5 Å². The lowest BCUT2D eigenvalue weighted by Crippen LogP contribution is -2.24. The largest absolute Gasteiger partial charge is 0.361 e. The standard InChI is InChI=1S/C16H22N2O/c1-12(2)6-3-4-10-18-16(19)14-7-5-8-15-13(14)9-11-17-15/h5,7-9,11-12,17H,3-4,6,10H2,1-2H3,(H,18,19). The number of amides is 1. The van der Waals surface area contributed by atoms with Gasteiger partial charge in [-0.15, -0.1) is 0 Å². The van der Waals surface area contributed by atoms with Gasteiger partial charge in [-0.1, -0.05) is 32.8 Å². The number of unbranched alkanes of at least 4 members (excludes halogenated alkanes) is 1. The molecule has 3 heteroatoms. The SMILES string of the molecule is CC(C)CCCCNC(=O)c1cccc2[nH]ccc12. The fourth-order valence-corrected chi connectivity index (χ4v) is 2.26. The van der Waals surface area contributed by atoms with Crippen LogP contribution in [0.1, 0.15) is 43.5 Å². The quantitative estimate of drug-likeness (QED) is 0.762. The Morgan fingerprint density at radius 1 is 1.26 bits per heavy atom. The molecule has 0 aliphatic carbocycles. The molecule has 0 saturated carbocycles. The molecule has 1 amide bonds. The highest BCUT2D eigenvalue weighted by molar-refractivity contribution is 6.06. The first kappa shape index (κ1) is 13.7. The van der Waals surface area contributed by atoms with Crippen LogP contribution in [0.25, 0.3) is 10.9 Å². The predicted octanol–water partition coefficient (Wildman–Crippen LogP) is 3.72. The van der Waals surface area contributed by atoms with Crippen LogP contribution in [0.3, 0.4) is 0 Å². The lowest BCUT2D eigenvalue weighted by atomic mass is 10.1. The van der Waals surface area contributed by atoms with Gasteiger partial charge < -0.3 is 10.3 Å². The predicted molar refractivity (Wildman–Crippen MR) is 79.3 cm³/mol. The van der Waals surface area contributed by atoms with E-state index in [1.165, 1.54) is 12.8 Å². The third-order valence-electron chi connectivity index (χ3n) is 3.33. The maximum atomic E-state index is 12.1. The van der Waals surface area contributed by atoms with Gasteiger partial charge in [0.05, 0.1) is 0 Å². The van der Waals surface area contributed by atoms with Crippen molar-refractivity contribution in [3.8, 4) is 0 Å². The lowest BCUT2D eigenvalue weighted by molar-refractivity contribution is 0.0954. The summed E-state index contributed by atoms with van der Waals surface area (Å²) in [6.45, 7) is 5.21. The van der Waals surface area contributed by atoms with E-state index < -0.39 is 0 Å². The van der Waals surface area contributed by atoms with Crippen LogP contribution in [0.15, 0.2) is 30.5 Å². The van der Waals surface area contributed by atoms with Gasteiger partial charge in [-0.2, -0.15) is 0 Å². The van der Waals surface area contributed by atoms with E-state index in [9.17, 15) is 4.79 Å². The average molecular weight is 258 g/mol. The van der Waals surface area contributed by atoms with Crippen LogP contribution in [0.2, 0.25) is 0 Å². The van der Waals surface area contributed by atoms with Crippen LogP contribution in [-0.2, 0) is 0 Å². The number of nitrogens with one attached hydrogen (secondary N) is 2. The Balaban J connectivity index is 1.88. The molecule has 0 spiro atoms. The van der Waals surface area contributed by atoms with Crippen LogP contribution in [0, 0.1) is 5.92 Å². The van der Waals surface area contributed by atoms with Crippen LogP contribution in [0.5, 0.6) is 0 Å². The zero-order chi connectivity index (χ0) is 13.7. The van der Waals surface area contributed by atoms with Crippen LogP contribution in [0.4, 0.5) is 0 Å². The summed E-state index contributed by atoms with van der Waals surface area (Å²) in [5, 5.41) is 3.99. The van der Waals surface area contributed by atoms with E-state index in [0.29, 0.717) is 0 Å². The van der Waals surface area contributed by atoms with Gasteiger partial charge in [0.2, 0.25) is 0 Å². The molecular formula is C16H22N2O. The second kappa shape index (κ2) is 6.41. The van der Waals surface area contributed by atoms with Crippen molar-refractivity contribution in [3.05, 3.63) is 36.0 Å². The van der Waals surface area contributed by atoms with E-state index in [0.717, 1.165) is 35.3 Å². The van der Waals surface area contributed by atoms with Crippen molar-refractivity contribution in [1.82, 2.24) is 10.3 Å². The van der Waals surface area contributed by atoms with E-state index in [1.54, 1.807) is 0 Å². The summed E-state index contributed by atoms with van der Waals surface area (Å²) in [7, 11) is 0. The van der Waals surface area contributed by atoms with E-state index in [2.05, 4.69) is 24.1 Å². The number of H-pyrrole nitrogens is 1. The van der Waals surface area contributed by atoms with E-state index in [4.69, 9.17) is 0 Å². The monoisotopic (exact) mass is 258 g/mol. The number of aromatic nitrogens is 1. The third-order valence-corrected chi connectivity index (χ3v) is 3.33. The fourth-order valence-electron chi connectivity index (χ4n) is 2.26. The molecule has 2 N–H and O–H groups in total. The van der Waals surface area contributed by atoms with Gasteiger partial charge in [0.15, 0.2) is 0 Å². The maximum Gasteiger partial charge on any atom is 0.251 e. The molecule has 2 rings (SSSR count). The summed E-state index contributed by atoms with van der Waals surface area (Å²) in [6.07, 6.45) is 5.31. The van der Waals surface area contributed by atoms with Crippen molar-refractivity contribution in [1.29, 1.82) is 0 Å². The zero-order valence-corrected chi connectivity index (χ0v) is 11.7. The van der Waals surface area contributed by atoms with E-state index in [-0.39, 0.29) is 5.91 Å². The smallest absolute Gasteiger partial charge is 0.251 e. The molecular weight excluding hydrogens is 236 g/mol. The Morgan fingerprint density at radius 2 is 2.11 bits per heavy atom. The Hall–Kier alpha value is -1.77. The molecule has 1 heterocycles. The highest BCUT2D eigenvalue weighted by Crippen LogP contribution is 2.17. The first-order valence-corrected chi connectivity index (χ1v) is 7.03. The van der Waals surface area contributed by atoms with E-state index in [1.807, 2.05) is 30.5 Å². The second-order valence-electron chi connectivity index (χ2n) is 5.39. The summed E-state index contributed by atoms with van der Waals surface area (Å²) in [6, 6.07) is 7.71. The van der Waals surface area contributed by atoms with Gasteiger partial charge in [0, 0.05) is 29.2 Å². The molecule has 1 aromatic carbocycles. The summed E-state index contributed by atoms with van der Waals surface area (Å²) < 4.78 is 0. The molecule has 0 unspecified atom stereocenters. The number of benzene rings is 1. The first-order valence-electron chi connectivity index (χ1n) is 7.03. The second-order valence-corrected chi connectivity index (χ2v) is 5.39. The Labute approximate surface area is 114 Å². The van der Waals surface area contributed by atoms with Gasteiger partial charge >= 0.3 is 0 Å². The van der Waals surface area contributed by atoms with Crippen molar-refractivity contribution in [2.24, 2.45) is 5.92 Å². The number of carbonyl (C=O) groups excluding carboxylic acids is 1. The molecule has 0 atom stereocenters. The number of aromatic amines is 1. The summed E-state index contributed by atoms with van der Waals surface area (Å²) in [5.41, 5.74) is 1.76. The molecule has 2 aromatic rings. The zero-order valence-electron chi connectivity index (χ0n) is 11.7. The van der Waals surface area contributed by atoms with Crippen molar-refractivity contribution >= 4 is 16.8 Å². The fraction of sp³-hybridized carbons (Fsp3) is 0.438. The molecule has 0 bridgehead atoms. The molecule has 0 saturated heterocycles. The molecule has 0 aliphatic rings. The number of rotatable bonds is 6. The van der Waals surface area contributed by atoms with E-state index >= 15 is 0 Å². The molecule has 1 aromatic heterocycles. The molecule has 3 nitrogen and oxygen atoms in total. The number of carbonyl (C=O) groups is 1. The van der Waals surface area contributed by atoms with Crippen LogP contribution < -0.4 is 5.32 Å². The third kappa shape index (κ3) is 3.60. The highest BCUT2D eigenvalue weighted by atomic mass is 16.1. The summed E-state index contributed by atoms with van der Waals surface area (Å²) in [4.78, 5) is 15.3. The summed E-state index contributed by atoms with van der Waals surface area (Å²) >= 11 is 0. The normalized spacial score (nSPS) is 11.1. The van der Waals surface area contributed by atoms with Gasteiger partial charge in [0.1, 0.15) is 0 Å². The average Bonchev–Trinajstić information content (AvgIpc) is 2.85. The minimum absolute atomic E-state index is 0.0229. The molecule has 0 radical (unpaired) electrons. The molecule has 0 aliphatic heterocycles. The maximum absolute atomic E-state index is 12.1. The van der Waals surface area contributed by atoms with Crippen LogP contribution >= 0.6 is 0 Å². The van der Waals surface area contributed by atoms with Gasteiger partial charge in [-0.25, -0.2) is 0 Å². The minimum Gasteiger partial charge on any atom is -0.361 e. The van der Waals surface area contributed by atoms with Crippen molar-refractivity contribution in [2.75, 3.05) is 6.54 Å². The van der Waals surface area contributed by atoms with Crippen LogP contribution in [-0.4, -0.2) is 17.4 Å². The number of fused-ring (bicyclic) bond motifs is 1. The highest BCUT2D eigenvalue weighted by Gasteiger charge is 2.09. The lowest BCUT2D eigenvalue weighted by Gasteiger charge is -2.07. The van der Waals surface area contributed by atoms with Crippen molar-refractivity contribution in [2.45, 2.75) is 33.1 Å². The topological polar surface area (TPSA) is 44.9 Å². The Morgan fingerprint density at radius 3 is 2.89 bits per heavy atom. The first-order chi connectivity index (χ1) is 9.18. The van der Waals surface area contributed by atoms with Gasteiger partial charge in [-0.3, -0.25) is 4.79 Å². The number of hydrogen-bond acceptors (Lipinski definition) is 1. The Kier molecular flexibility index (Phi) is 4.61. The number of hydrogen-bond donors (Lipinski definition) is 2. The minimum atomic E-state index is 0.0229. The van der Waals surface area contributed by atoms with Crippen molar-refractivity contribution < 1.29 is 4.79 Å². The Bertz CT molecular complexity index is 542. The van der Waals surface area contributed by atoms with Gasteiger partial charge in [0.25, 0.3) is 5.91 Å². The van der Waals surface area contributed by atoms with Crippen molar-refractivity contribution in [3.63, 3.8) is 0 Å². The molecule has 0 fully saturated rings. The molecule has 102 valence electrons. The summed E-state index contributed by atoms with van der Waals surface area (Å²) in [5.74, 6) is 0.763.